The molecule has 2 N–H and O–H groups in total. The number of anilines is 1. The molecule has 0 radical (unpaired) electrons. The van der Waals surface area contributed by atoms with E-state index < -0.39 is 0 Å². The summed E-state index contributed by atoms with van der Waals surface area (Å²) >= 11 is 1.62. The largest absolute Gasteiger partial charge is 0.394 e. The van der Waals surface area contributed by atoms with Crippen molar-refractivity contribution in [3.63, 3.8) is 0 Å². The van der Waals surface area contributed by atoms with Crippen LogP contribution in [0.5, 0.6) is 0 Å². The lowest BCUT2D eigenvalue weighted by Gasteiger charge is -2.08. The Morgan fingerprint density at radius 1 is 1.45 bits per heavy atom. The number of nitrogens with one attached hydrogen (secondary N) is 1. The quantitative estimate of drug-likeness (QED) is 0.891. The molecule has 4 rings (SSSR count). The van der Waals surface area contributed by atoms with Crippen LogP contribution in [0, 0.1) is 17.8 Å². The third-order valence-corrected chi connectivity index (χ3v) is 5.72. The second kappa shape index (κ2) is 5.52. The van der Waals surface area contributed by atoms with Gasteiger partial charge >= 0.3 is 0 Å². The minimum absolute atomic E-state index is 0.00308. The molecule has 1 amide bonds. The maximum absolute atomic E-state index is 12.4. The van der Waals surface area contributed by atoms with Crippen molar-refractivity contribution in [3.8, 4) is 10.6 Å². The molecule has 2 aliphatic rings. The molecule has 22 heavy (non-hydrogen) atoms. The van der Waals surface area contributed by atoms with E-state index in [1.165, 1.54) is 19.3 Å². The van der Waals surface area contributed by atoms with Crippen molar-refractivity contribution in [1.29, 1.82) is 0 Å². The summed E-state index contributed by atoms with van der Waals surface area (Å²) in [6.45, 7) is 0.390. The first-order valence-corrected chi connectivity index (χ1v) is 8.69. The number of rotatable bonds is 5. The highest BCUT2D eigenvalue weighted by Crippen LogP contribution is 2.57. The van der Waals surface area contributed by atoms with Crippen molar-refractivity contribution < 1.29 is 9.90 Å². The van der Waals surface area contributed by atoms with E-state index in [9.17, 15) is 9.90 Å². The van der Waals surface area contributed by atoms with Crippen LogP contribution in [0.15, 0.2) is 23.6 Å². The van der Waals surface area contributed by atoms with Crippen molar-refractivity contribution in [3.05, 3.63) is 23.6 Å². The number of aromatic nitrogens is 2. The van der Waals surface area contributed by atoms with Gasteiger partial charge < -0.3 is 10.4 Å². The fourth-order valence-electron chi connectivity index (χ4n) is 3.75. The van der Waals surface area contributed by atoms with Gasteiger partial charge in [0, 0.05) is 12.0 Å². The smallest absolute Gasteiger partial charge is 0.229 e. The molecular weight excluding hydrogens is 298 g/mol. The first kappa shape index (κ1) is 14.0. The van der Waals surface area contributed by atoms with Gasteiger partial charge in [0.2, 0.25) is 5.91 Å². The van der Waals surface area contributed by atoms with Gasteiger partial charge in [0.1, 0.15) is 11.5 Å². The van der Waals surface area contributed by atoms with E-state index in [1.54, 1.807) is 16.0 Å². The summed E-state index contributed by atoms with van der Waals surface area (Å²) in [5.74, 6) is 2.20. The van der Waals surface area contributed by atoms with E-state index in [0.29, 0.717) is 24.2 Å². The van der Waals surface area contributed by atoms with Crippen molar-refractivity contribution in [2.45, 2.75) is 25.8 Å². The fourth-order valence-corrected chi connectivity index (χ4v) is 4.43. The van der Waals surface area contributed by atoms with Gasteiger partial charge in [-0.25, -0.2) is 4.68 Å². The summed E-state index contributed by atoms with van der Waals surface area (Å²) in [5.41, 5.74) is 0.842. The van der Waals surface area contributed by atoms with Crippen molar-refractivity contribution in [2.75, 3.05) is 11.9 Å². The van der Waals surface area contributed by atoms with Crippen molar-refractivity contribution >= 4 is 23.1 Å². The summed E-state index contributed by atoms with van der Waals surface area (Å²) in [5, 5.41) is 18.7. The molecule has 2 aromatic rings. The average Bonchev–Trinajstić information content (AvgIpc) is 3.00. The minimum atomic E-state index is 0.00308. The number of aliphatic hydroxyl groups is 1. The maximum atomic E-state index is 12.4. The van der Waals surface area contributed by atoms with Gasteiger partial charge in [-0.2, -0.15) is 5.10 Å². The van der Waals surface area contributed by atoms with Gasteiger partial charge in [-0.3, -0.25) is 4.79 Å². The van der Waals surface area contributed by atoms with E-state index in [-0.39, 0.29) is 18.4 Å². The van der Waals surface area contributed by atoms with Gasteiger partial charge in [0.25, 0.3) is 0 Å². The third kappa shape index (κ3) is 2.36. The highest BCUT2D eigenvalue weighted by atomic mass is 32.1. The molecule has 0 bridgehead atoms. The molecule has 6 heteroatoms. The van der Waals surface area contributed by atoms with Gasteiger partial charge in [0.05, 0.1) is 18.0 Å². The monoisotopic (exact) mass is 317 g/mol. The molecule has 2 saturated carbocycles. The molecule has 5 nitrogen and oxygen atoms in total. The first-order chi connectivity index (χ1) is 10.8. The molecular formula is C16H19N3O2S. The number of fused-ring (bicyclic) bond motifs is 1. The predicted octanol–water partition coefficient (Wildman–Crippen LogP) is 2.59. The molecule has 2 heterocycles. The lowest BCUT2D eigenvalue weighted by atomic mass is 10.1. The van der Waals surface area contributed by atoms with Gasteiger partial charge in [-0.05, 0) is 36.1 Å². The Kier molecular flexibility index (Phi) is 3.50. The summed E-state index contributed by atoms with van der Waals surface area (Å²) in [4.78, 5) is 13.5. The molecule has 2 aliphatic carbocycles. The molecule has 2 aromatic heterocycles. The van der Waals surface area contributed by atoms with Gasteiger partial charge in [0.15, 0.2) is 0 Å². The van der Waals surface area contributed by atoms with Crippen molar-refractivity contribution in [2.24, 2.45) is 17.8 Å². The zero-order chi connectivity index (χ0) is 15.1. The Balaban J connectivity index is 1.53. The Morgan fingerprint density at radius 3 is 2.95 bits per heavy atom. The second-order valence-corrected chi connectivity index (χ2v) is 7.06. The van der Waals surface area contributed by atoms with Crippen LogP contribution in [-0.4, -0.2) is 27.4 Å². The van der Waals surface area contributed by atoms with Gasteiger partial charge in [-0.1, -0.05) is 12.5 Å². The lowest BCUT2D eigenvalue weighted by Crippen LogP contribution is -2.20. The third-order valence-electron chi connectivity index (χ3n) is 4.83. The van der Waals surface area contributed by atoms with Crippen LogP contribution >= 0.6 is 11.3 Å². The Morgan fingerprint density at radius 2 is 2.27 bits per heavy atom. The van der Waals surface area contributed by atoms with E-state index >= 15 is 0 Å². The molecule has 2 fully saturated rings. The zero-order valence-corrected chi connectivity index (χ0v) is 13.1. The van der Waals surface area contributed by atoms with E-state index in [2.05, 4.69) is 10.4 Å². The van der Waals surface area contributed by atoms with Crippen LogP contribution in [0.1, 0.15) is 19.3 Å². The number of aliphatic hydroxyl groups excluding tert-OH is 1. The zero-order valence-electron chi connectivity index (χ0n) is 12.2. The molecule has 0 aliphatic heterocycles. The molecule has 2 unspecified atom stereocenters. The average molecular weight is 317 g/mol. The first-order valence-electron chi connectivity index (χ1n) is 7.81. The number of hydrogen-bond acceptors (Lipinski definition) is 4. The summed E-state index contributed by atoms with van der Waals surface area (Å²) in [6, 6.07) is 5.89. The second-order valence-electron chi connectivity index (χ2n) is 6.11. The van der Waals surface area contributed by atoms with Gasteiger partial charge in [-0.15, -0.1) is 11.3 Å². The summed E-state index contributed by atoms with van der Waals surface area (Å²) in [6.07, 6.45) is 3.66. The van der Waals surface area contributed by atoms with E-state index in [0.717, 1.165) is 10.6 Å². The Labute approximate surface area is 133 Å². The number of carbonyl (C=O) groups excluding carboxylic acids is 1. The number of nitrogens with zero attached hydrogens (tertiary/aromatic N) is 2. The molecule has 0 saturated heterocycles. The number of thiophene rings is 1. The molecule has 2 atom stereocenters. The highest BCUT2D eigenvalue weighted by molar-refractivity contribution is 7.13. The topological polar surface area (TPSA) is 67.2 Å². The SMILES string of the molecule is O=C(Nc1cc(-c2cccs2)nn1CCO)C1C2CCCC21. The number of carbonyl (C=O) groups is 1. The van der Waals surface area contributed by atoms with Crippen LogP contribution in [0.25, 0.3) is 10.6 Å². The Hall–Kier alpha value is -1.66. The van der Waals surface area contributed by atoms with Crippen LogP contribution in [0.3, 0.4) is 0 Å². The molecule has 0 aromatic carbocycles. The van der Waals surface area contributed by atoms with Crippen LogP contribution in [-0.2, 0) is 11.3 Å². The summed E-state index contributed by atoms with van der Waals surface area (Å²) in [7, 11) is 0. The summed E-state index contributed by atoms with van der Waals surface area (Å²) < 4.78 is 1.69. The minimum Gasteiger partial charge on any atom is -0.394 e. The van der Waals surface area contributed by atoms with E-state index in [4.69, 9.17) is 0 Å². The lowest BCUT2D eigenvalue weighted by molar-refractivity contribution is -0.118. The maximum Gasteiger partial charge on any atom is 0.229 e. The highest BCUT2D eigenvalue weighted by Gasteiger charge is 2.56. The number of amides is 1. The molecule has 0 spiro atoms. The van der Waals surface area contributed by atoms with Crippen LogP contribution < -0.4 is 5.32 Å². The van der Waals surface area contributed by atoms with Crippen LogP contribution in [0.2, 0.25) is 0 Å². The number of hydrogen-bond donors (Lipinski definition) is 2. The Bertz CT molecular complexity index is 670. The van der Waals surface area contributed by atoms with Crippen molar-refractivity contribution in [1.82, 2.24) is 9.78 Å². The predicted molar refractivity (Wildman–Crippen MR) is 85.6 cm³/mol. The fraction of sp³-hybridized carbons (Fsp3) is 0.500. The molecule has 116 valence electrons. The normalized spacial score (nSPS) is 26.0. The van der Waals surface area contributed by atoms with Crippen LogP contribution in [0.4, 0.5) is 5.82 Å². The standard InChI is InChI=1S/C16H19N3O2S/c20-7-6-19-14(9-12(18-19)13-5-2-8-22-13)17-16(21)15-10-3-1-4-11(10)15/h2,5,8-11,15,20H,1,3-4,6-7H2,(H,17,21). The van der Waals surface area contributed by atoms with E-state index in [1.807, 2.05) is 23.6 Å².